The fraction of sp³-hybridized carbons (Fsp3) is 0.167. The van der Waals surface area contributed by atoms with Gasteiger partial charge in [0, 0.05) is 0 Å². The van der Waals surface area contributed by atoms with Crippen molar-refractivity contribution in [2.75, 3.05) is 0 Å². The Morgan fingerprint density at radius 1 is 1.15 bits per heavy atom. The summed E-state index contributed by atoms with van der Waals surface area (Å²) in [5.41, 5.74) is 1.03. The lowest BCUT2D eigenvalue weighted by Crippen LogP contribution is -1.74. The average molecular weight is 176 g/mol. The smallest absolute Gasteiger partial charge is 0.123 e. The van der Waals surface area contributed by atoms with Crippen molar-refractivity contribution < 1.29 is 4.39 Å². The number of allylic oxidation sites excluding steroid dienone is 2. The van der Waals surface area contributed by atoms with Gasteiger partial charge >= 0.3 is 0 Å². The summed E-state index contributed by atoms with van der Waals surface area (Å²) in [6.07, 6.45) is 7.91. The summed E-state index contributed by atoms with van der Waals surface area (Å²) >= 11 is 0. The van der Waals surface area contributed by atoms with Gasteiger partial charge in [0.2, 0.25) is 0 Å². The molecule has 1 rings (SSSR count). The monoisotopic (exact) mass is 176 g/mol. The number of hydrogen-bond acceptors (Lipinski definition) is 0. The molecule has 0 nitrogen and oxygen atoms in total. The molecule has 0 aliphatic rings. The van der Waals surface area contributed by atoms with Gasteiger partial charge in [-0.2, -0.15) is 0 Å². The van der Waals surface area contributed by atoms with Crippen LogP contribution in [0, 0.1) is 5.82 Å². The molecular formula is C12H13F. The van der Waals surface area contributed by atoms with Crippen molar-refractivity contribution in [3.63, 3.8) is 0 Å². The van der Waals surface area contributed by atoms with E-state index in [0.29, 0.717) is 0 Å². The van der Waals surface area contributed by atoms with Crippen molar-refractivity contribution >= 4 is 6.08 Å². The number of rotatable bonds is 4. The predicted molar refractivity (Wildman–Crippen MR) is 54.9 cm³/mol. The summed E-state index contributed by atoms with van der Waals surface area (Å²) in [5.74, 6) is -0.191. The highest BCUT2D eigenvalue weighted by Crippen LogP contribution is 2.05. The van der Waals surface area contributed by atoms with E-state index in [9.17, 15) is 4.39 Å². The van der Waals surface area contributed by atoms with Crippen molar-refractivity contribution in [2.45, 2.75) is 12.8 Å². The summed E-state index contributed by atoms with van der Waals surface area (Å²) in [6, 6.07) is 6.46. The van der Waals surface area contributed by atoms with Crippen LogP contribution in [0.4, 0.5) is 4.39 Å². The highest BCUT2D eigenvalue weighted by molar-refractivity contribution is 5.48. The molecule has 0 spiro atoms. The van der Waals surface area contributed by atoms with Crippen LogP contribution in [0.5, 0.6) is 0 Å². The molecular weight excluding hydrogens is 163 g/mol. The second-order valence-electron chi connectivity index (χ2n) is 2.82. The molecule has 0 fully saturated rings. The van der Waals surface area contributed by atoms with E-state index in [4.69, 9.17) is 0 Å². The SMILES string of the molecule is C=CCCC=Cc1ccc(F)cc1. The third-order valence-corrected chi connectivity index (χ3v) is 1.72. The predicted octanol–water partition coefficient (Wildman–Crippen LogP) is 3.81. The van der Waals surface area contributed by atoms with Crippen LogP contribution in [0.25, 0.3) is 6.08 Å². The Kier molecular flexibility index (Phi) is 3.97. The Balaban J connectivity index is 2.49. The number of unbranched alkanes of at least 4 members (excludes halogenated alkanes) is 1. The molecule has 68 valence electrons. The topological polar surface area (TPSA) is 0 Å². The minimum atomic E-state index is -0.191. The summed E-state index contributed by atoms with van der Waals surface area (Å²) in [6.45, 7) is 3.63. The van der Waals surface area contributed by atoms with Crippen LogP contribution >= 0.6 is 0 Å². The van der Waals surface area contributed by atoms with Crippen LogP contribution < -0.4 is 0 Å². The lowest BCUT2D eigenvalue weighted by Gasteiger charge is -1.92. The van der Waals surface area contributed by atoms with Gasteiger partial charge in [0.15, 0.2) is 0 Å². The van der Waals surface area contributed by atoms with Gasteiger partial charge in [-0.05, 0) is 30.5 Å². The third kappa shape index (κ3) is 3.70. The van der Waals surface area contributed by atoms with E-state index in [1.165, 1.54) is 12.1 Å². The van der Waals surface area contributed by atoms with Crippen molar-refractivity contribution in [3.8, 4) is 0 Å². The minimum absolute atomic E-state index is 0.191. The van der Waals surface area contributed by atoms with Crippen molar-refractivity contribution in [1.29, 1.82) is 0 Å². The largest absolute Gasteiger partial charge is 0.207 e. The molecule has 0 atom stereocenters. The molecule has 0 saturated heterocycles. The molecule has 0 bridgehead atoms. The Morgan fingerprint density at radius 2 is 1.85 bits per heavy atom. The van der Waals surface area contributed by atoms with E-state index < -0.39 is 0 Å². The van der Waals surface area contributed by atoms with Gasteiger partial charge in [-0.15, -0.1) is 6.58 Å². The van der Waals surface area contributed by atoms with Gasteiger partial charge < -0.3 is 0 Å². The molecule has 0 amide bonds. The van der Waals surface area contributed by atoms with Gasteiger partial charge in [-0.1, -0.05) is 30.4 Å². The quantitative estimate of drug-likeness (QED) is 0.483. The fourth-order valence-corrected chi connectivity index (χ4v) is 1.01. The van der Waals surface area contributed by atoms with Gasteiger partial charge in [-0.25, -0.2) is 4.39 Å². The molecule has 1 heteroatoms. The molecule has 0 radical (unpaired) electrons. The maximum absolute atomic E-state index is 12.5. The molecule has 13 heavy (non-hydrogen) atoms. The zero-order valence-electron chi connectivity index (χ0n) is 7.54. The standard InChI is InChI=1S/C12H13F/c1-2-3-4-5-6-11-7-9-12(13)10-8-11/h2,5-10H,1,3-4H2. The van der Waals surface area contributed by atoms with E-state index in [1.807, 2.05) is 12.2 Å². The number of benzene rings is 1. The summed E-state index contributed by atoms with van der Waals surface area (Å²) in [7, 11) is 0. The summed E-state index contributed by atoms with van der Waals surface area (Å²) in [5, 5.41) is 0. The van der Waals surface area contributed by atoms with E-state index in [2.05, 4.69) is 12.7 Å². The number of hydrogen-bond donors (Lipinski definition) is 0. The molecule has 0 saturated carbocycles. The van der Waals surface area contributed by atoms with Crippen molar-refractivity contribution in [3.05, 3.63) is 54.4 Å². The first kappa shape index (κ1) is 9.72. The van der Waals surface area contributed by atoms with Crippen LogP contribution in [0.2, 0.25) is 0 Å². The Morgan fingerprint density at radius 3 is 2.46 bits per heavy atom. The van der Waals surface area contributed by atoms with Crippen LogP contribution in [0.15, 0.2) is 43.0 Å². The second kappa shape index (κ2) is 5.31. The van der Waals surface area contributed by atoms with Crippen molar-refractivity contribution in [1.82, 2.24) is 0 Å². The summed E-state index contributed by atoms with van der Waals surface area (Å²) < 4.78 is 12.5. The Hall–Kier alpha value is -1.37. The molecule has 0 unspecified atom stereocenters. The van der Waals surface area contributed by atoms with Crippen LogP contribution in [0.3, 0.4) is 0 Å². The average Bonchev–Trinajstić information content (AvgIpc) is 2.15. The maximum atomic E-state index is 12.5. The van der Waals surface area contributed by atoms with Crippen molar-refractivity contribution in [2.24, 2.45) is 0 Å². The minimum Gasteiger partial charge on any atom is -0.207 e. The summed E-state index contributed by atoms with van der Waals surface area (Å²) in [4.78, 5) is 0. The van der Waals surface area contributed by atoms with Crippen LogP contribution in [-0.2, 0) is 0 Å². The zero-order valence-corrected chi connectivity index (χ0v) is 7.54. The highest BCUT2D eigenvalue weighted by Gasteiger charge is 1.87. The van der Waals surface area contributed by atoms with Gasteiger partial charge in [-0.3, -0.25) is 0 Å². The molecule has 0 aromatic heterocycles. The van der Waals surface area contributed by atoms with E-state index in [1.54, 1.807) is 12.1 Å². The second-order valence-corrected chi connectivity index (χ2v) is 2.82. The van der Waals surface area contributed by atoms with Gasteiger partial charge in [0.1, 0.15) is 5.82 Å². The highest BCUT2D eigenvalue weighted by atomic mass is 19.1. The third-order valence-electron chi connectivity index (χ3n) is 1.72. The molecule has 1 aromatic rings. The van der Waals surface area contributed by atoms with Gasteiger partial charge in [0.05, 0.1) is 0 Å². The van der Waals surface area contributed by atoms with Crippen LogP contribution in [0.1, 0.15) is 18.4 Å². The molecule has 0 heterocycles. The van der Waals surface area contributed by atoms with E-state index in [0.717, 1.165) is 18.4 Å². The first-order valence-corrected chi connectivity index (χ1v) is 4.36. The Bertz CT molecular complexity index is 282. The Labute approximate surface area is 78.4 Å². The number of halogens is 1. The van der Waals surface area contributed by atoms with E-state index >= 15 is 0 Å². The normalized spacial score (nSPS) is 10.5. The molecule has 0 aliphatic heterocycles. The first-order valence-electron chi connectivity index (χ1n) is 4.36. The molecule has 0 aliphatic carbocycles. The molecule has 0 N–H and O–H groups in total. The zero-order chi connectivity index (χ0) is 9.52. The fourth-order valence-electron chi connectivity index (χ4n) is 1.01. The first-order chi connectivity index (χ1) is 6.33. The van der Waals surface area contributed by atoms with Gasteiger partial charge in [0.25, 0.3) is 0 Å². The van der Waals surface area contributed by atoms with Crippen LogP contribution in [-0.4, -0.2) is 0 Å². The molecule has 1 aromatic carbocycles. The maximum Gasteiger partial charge on any atom is 0.123 e. The lowest BCUT2D eigenvalue weighted by atomic mass is 10.2. The lowest BCUT2D eigenvalue weighted by molar-refractivity contribution is 0.628. The van der Waals surface area contributed by atoms with E-state index in [-0.39, 0.29) is 5.82 Å².